The Morgan fingerprint density at radius 3 is 2.36 bits per heavy atom. The van der Waals surface area contributed by atoms with E-state index in [0.717, 1.165) is 23.5 Å². The molecule has 1 aliphatic rings. The smallest absolute Gasteiger partial charge is 0.458 e. The molecule has 1 saturated heterocycles. The van der Waals surface area contributed by atoms with Gasteiger partial charge in [0, 0.05) is 30.9 Å². The molecule has 36 heavy (non-hydrogen) atoms. The van der Waals surface area contributed by atoms with Crippen LogP contribution < -0.4 is 5.73 Å². The average Bonchev–Trinajstić information content (AvgIpc) is 3.33. The number of rotatable bonds is 12. The molecule has 1 aliphatic heterocycles. The third-order valence-corrected chi connectivity index (χ3v) is 8.17. The number of anilines is 1. The van der Waals surface area contributed by atoms with Crippen LogP contribution in [0.15, 0.2) is 17.0 Å². The van der Waals surface area contributed by atoms with Crippen LogP contribution in [0.3, 0.4) is 0 Å². The van der Waals surface area contributed by atoms with Crippen LogP contribution in [0.25, 0.3) is 11.1 Å². The van der Waals surface area contributed by atoms with Crippen molar-refractivity contribution in [3.63, 3.8) is 0 Å². The summed E-state index contributed by atoms with van der Waals surface area (Å²) >= 11 is 1.96. The summed E-state index contributed by atoms with van der Waals surface area (Å²) in [6.45, 7) is 3.46. The maximum absolute atomic E-state index is 13.1. The highest BCUT2D eigenvalue weighted by Crippen LogP contribution is 2.51. The number of nitrogens with zero attached hydrogens (tertiary/aromatic N) is 2. The highest BCUT2D eigenvalue weighted by Gasteiger charge is 2.54. The Labute approximate surface area is 215 Å². The van der Waals surface area contributed by atoms with Gasteiger partial charge < -0.3 is 25.1 Å². The van der Waals surface area contributed by atoms with Crippen molar-refractivity contribution < 1.29 is 47.1 Å². The molecule has 16 heteroatoms. The Hall–Kier alpha value is -1.55. The number of ether oxygens (including phenoxy) is 1. The quantitative estimate of drug-likeness (QED) is 0.250. The average molecular weight is 566 g/mol. The summed E-state index contributed by atoms with van der Waals surface area (Å²) in [6.07, 6.45) is -1.13. The number of aliphatic hydroxyl groups excluding tert-OH is 1. The fourth-order valence-electron chi connectivity index (χ4n) is 3.46. The molecule has 4 atom stereocenters. The van der Waals surface area contributed by atoms with E-state index in [2.05, 4.69) is 9.97 Å². The molecule has 4 N–H and O–H groups in total. The Kier molecular flexibility index (Phi) is 9.94. The molecule has 0 radical (unpaired) electrons. The molecule has 200 valence electrons. The van der Waals surface area contributed by atoms with Crippen LogP contribution in [-0.2, 0) is 32.5 Å². The molecule has 3 rings (SSSR count). The number of furan rings is 1. The van der Waals surface area contributed by atoms with Crippen molar-refractivity contribution in [3.8, 4) is 0 Å². The van der Waals surface area contributed by atoms with E-state index in [4.69, 9.17) is 28.5 Å². The summed E-state index contributed by atoms with van der Waals surface area (Å²) in [7, 11) is -4.16. The zero-order chi connectivity index (χ0) is 26.5. The van der Waals surface area contributed by atoms with Gasteiger partial charge in [-0.15, -0.1) is 0 Å². The molecular weight excluding hydrogens is 537 g/mol. The van der Waals surface area contributed by atoms with E-state index in [1.165, 1.54) is 33.4 Å². The number of phosphoric ester groups is 1. The van der Waals surface area contributed by atoms with Crippen LogP contribution in [0.4, 0.5) is 5.82 Å². The lowest BCUT2D eigenvalue weighted by Gasteiger charge is -2.26. The van der Waals surface area contributed by atoms with Crippen molar-refractivity contribution in [2.45, 2.75) is 44.7 Å². The maximum Gasteiger partial charge on any atom is 0.474 e. The van der Waals surface area contributed by atoms with E-state index < -0.39 is 38.3 Å². The Morgan fingerprint density at radius 2 is 1.78 bits per heavy atom. The summed E-state index contributed by atoms with van der Waals surface area (Å²) in [6, 6.07) is 0. The minimum atomic E-state index is -4.16. The minimum absolute atomic E-state index is 0.102. The van der Waals surface area contributed by atoms with Gasteiger partial charge in [0.2, 0.25) is 0 Å². The summed E-state index contributed by atoms with van der Waals surface area (Å²) in [5.74, 6) is 0.531. The first kappa shape index (κ1) is 29.0. The lowest BCUT2D eigenvalue weighted by atomic mass is 9.89. The van der Waals surface area contributed by atoms with Crippen molar-refractivity contribution in [2.24, 2.45) is 0 Å². The van der Waals surface area contributed by atoms with E-state index in [-0.39, 0.29) is 46.4 Å². The SMILES string of the molecule is CC(=O)SCCOP(=O)(OCCSC(C)=O)OC[C@H]1O[C@@H](c2coc3c(N)ncnc23)[C@](C)(O)[C@@H]1O. The standard InChI is InChI=1S/C20H28N3O10PS2/c1-11(24)35-6-4-30-34(28,31-5-7-36-12(2)25)32-9-14-17(26)20(3,27)18(33-14)13-8-29-16-15(13)22-10-23-19(16)21/h8,10,14,17-18,26-27H,4-7,9H2,1-3H3,(H2,21,22,23)/t14-,17-,18+,20-/m1/s1. The Morgan fingerprint density at radius 1 is 1.17 bits per heavy atom. The number of carbonyl (C=O) groups is 2. The van der Waals surface area contributed by atoms with Crippen molar-refractivity contribution >= 4 is 58.5 Å². The second-order valence-electron chi connectivity index (χ2n) is 7.94. The summed E-state index contributed by atoms with van der Waals surface area (Å²) in [5, 5.41) is 21.5. The maximum atomic E-state index is 13.1. The number of nitrogen functional groups attached to an aromatic ring is 1. The third-order valence-electron chi connectivity index (χ3n) is 5.16. The van der Waals surface area contributed by atoms with Gasteiger partial charge in [-0.1, -0.05) is 23.5 Å². The van der Waals surface area contributed by atoms with E-state index in [0.29, 0.717) is 11.1 Å². The molecule has 0 saturated carbocycles. The predicted molar refractivity (Wildman–Crippen MR) is 132 cm³/mol. The van der Waals surface area contributed by atoms with E-state index in [9.17, 15) is 24.4 Å². The van der Waals surface area contributed by atoms with Crippen LogP contribution in [-0.4, -0.2) is 79.5 Å². The van der Waals surface area contributed by atoms with Crippen LogP contribution in [0.5, 0.6) is 0 Å². The lowest BCUT2D eigenvalue weighted by Crippen LogP contribution is -2.43. The number of aliphatic hydroxyl groups is 2. The highest BCUT2D eigenvalue weighted by atomic mass is 32.2. The molecule has 2 aromatic heterocycles. The van der Waals surface area contributed by atoms with E-state index in [1.54, 1.807) is 0 Å². The second kappa shape index (κ2) is 12.3. The van der Waals surface area contributed by atoms with Gasteiger partial charge in [0.1, 0.15) is 35.8 Å². The fraction of sp³-hybridized carbons (Fsp3) is 0.600. The van der Waals surface area contributed by atoms with Crippen molar-refractivity contribution in [3.05, 3.63) is 18.2 Å². The van der Waals surface area contributed by atoms with Crippen molar-refractivity contribution in [1.82, 2.24) is 9.97 Å². The number of hydrogen-bond donors (Lipinski definition) is 3. The van der Waals surface area contributed by atoms with Gasteiger partial charge in [-0.05, 0) is 6.92 Å². The molecule has 1 fully saturated rings. The zero-order valence-corrected chi connectivity index (χ0v) is 22.3. The molecular formula is C20H28N3O10PS2. The van der Waals surface area contributed by atoms with Gasteiger partial charge >= 0.3 is 7.82 Å². The second-order valence-corrected chi connectivity index (χ2v) is 12.2. The fourth-order valence-corrected chi connectivity index (χ4v) is 5.79. The normalized spacial score (nSPS) is 24.4. The largest absolute Gasteiger partial charge is 0.474 e. The summed E-state index contributed by atoms with van der Waals surface area (Å²) in [5.41, 5.74) is 4.86. The third kappa shape index (κ3) is 7.05. The predicted octanol–water partition coefficient (Wildman–Crippen LogP) is 2.07. The lowest BCUT2D eigenvalue weighted by molar-refractivity contribution is -0.109. The van der Waals surface area contributed by atoms with Gasteiger partial charge in [0.25, 0.3) is 0 Å². The molecule has 0 aliphatic carbocycles. The number of carbonyl (C=O) groups excluding carboxylic acids is 2. The minimum Gasteiger partial charge on any atom is -0.458 e. The monoisotopic (exact) mass is 565 g/mol. The molecule has 3 heterocycles. The van der Waals surface area contributed by atoms with Gasteiger partial charge in [-0.2, -0.15) is 0 Å². The number of nitrogens with two attached hydrogens (primary N) is 1. The number of fused-ring (bicyclic) bond motifs is 1. The number of phosphoric acid groups is 1. The Bertz CT molecular complexity index is 1100. The van der Waals surface area contributed by atoms with Gasteiger partial charge in [0.05, 0.1) is 26.1 Å². The number of thioether (sulfide) groups is 2. The molecule has 0 spiro atoms. The van der Waals surface area contributed by atoms with E-state index >= 15 is 0 Å². The first-order valence-electron chi connectivity index (χ1n) is 10.8. The number of hydrogen-bond acceptors (Lipinski definition) is 15. The first-order chi connectivity index (χ1) is 16.9. The van der Waals surface area contributed by atoms with E-state index in [1.807, 2.05) is 0 Å². The molecule has 2 aromatic rings. The van der Waals surface area contributed by atoms with Crippen LogP contribution in [0.2, 0.25) is 0 Å². The van der Waals surface area contributed by atoms with Crippen LogP contribution >= 0.6 is 31.3 Å². The molecule has 0 amide bonds. The van der Waals surface area contributed by atoms with Gasteiger partial charge in [-0.3, -0.25) is 23.2 Å². The molecule has 0 bridgehead atoms. The zero-order valence-electron chi connectivity index (χ0n) is 19.8. The molecule has 0 unspecified atom stereocenters. The topological polar surface area (TPSA) is 194 Å². The van der Waals surface area contributed by atoms with Crippen molar-refractivity contribution in [1.29, 1.82) is 0 Å². The Balaban J connectivity index is 1.69. The van der Waals surface area contributed by atoms with Crippen LogP contribution in [0, 0.1) is 0 Å². The first-order valence-corrected chi connectivity index (χ1v) is 14.2. The highest BCUT2D eigenvalue weighted by molar-refractivity contribution is 8.13. The van der Waals surface area contributed by atoms with Gasteiger partial charge in [0.15, 0.2) is 21.6 Å². The number of aromatic nitrogens is 2. The van der Waals surface area contributed by atoms with Crippen LogP contribution in [0.1, 0.15) is 32.4 Å². The van der Waals surface area contributed by atoms with Gasteiger partial charge in [-0.25, -0.2) is 14.5 Å². The molecule has 13 nitrogen and oxygen atoms in total. The molecule has 0 aromatic carbocycles. The summed E-state index contributed by atoms with van der Waals surface area (Å²) < 4.78 is 40.5. The van der Waals surface area contributed by atoms with Crippen molar-refractivity contribution in [2.75, 3.05) is 37.1 Å². The summed E-state index contributed by atoms with van der Waals surface area (Å²) in [4.78, 5) is 30.2.